The van der Waals surface area contributed by atoms with E-state index in [1.54, 1.807) is 0 Å². The van der Waals surface area contributed by atoms with Gasteiger partial charge in [0, 0.05) is 34.3 Å². The predicted octanol–water partition coefficient (Wildman–Crippen LogP) is 5.82. The van der Waals surface area contributed by atoms with Crippen LogP contribution in [0.4, 0.5) is 0 Å². The topological polar surface area (TPSA) is 43.9 Å². The molecule has 0 bridgehead atoms. The molecule has 4 nitrogen and oxygen atoms in total. The first-order valence-electron chi connectivity index (χ1n) is 9.76. The van der Waals surface area contributed by atoms with Crippen LogP contribution in [0.2, 0.25) is 0 Å². The van der Waals surface area contributed by atoms with Gasteiger partial charge in [0.25, 0.3) is 5.89 Å². The molecule has 4 heteroatoms. The molecule has 2 aromatic heterocycles. The van der Waals surface area contributed by atoms with E-state index >= 15 is 0 Å². The van der Waals surface area contributed by atoms with Gasteiger partial charge < -0.3 is 9.09 Å². The van der Waals surface area contributed by atoms with Crippen molar-refractivity contribution in [3.05, 3.63) is 59.8 Å². The Hall–Kier alpha value is -2.88. The van der Waals surface area contributed by atoms with Gasteiger partial charge in [-0.25, -0.2) is 0 Å². The van der Waals surface area contributed by atoms with Gasteiger partial charge in [-0.1, -0.05) is 23.4 Å². The van der Waals surface area contributed by atoms with Crippen LogP contribution in [0.15, 0.2) is 53.2 Å². The van der Waals surface area contributed by atoms with Crippen molar-refractivity contribution in [1.82, 2.24) is 14.7 Å². The van der Waals surface area contributed by atoms with Crippen molar-refractivity contribution in [3.8, 4) is 22.8 Å². The van der Waals surface area contributed by atoms with E-state index in [0.717, 1.165) is 24.0 Å². The maximum atomic E-state index is 5.63. The molecule has 2 aromatic carbocycles. The predicted molar refractivity (Wildman–Crippen MR) is 108 cm³/mol. The molecule has 1 aliphatic rings. The second kappa shape index (κ2) is 6.38. The third-order valence-corrected chi connectivity index (χ3v) is 5.59. The third kappa shape index (κ3) is 2.76. The van der Waals surface area contributed by atoms with Crippen molar-refractivity contribution >= 4 is 10.9 Å². The average molecular weight is 357 g/mol. The van der Waals surface area contributed by atoms with E-state index in [-0.39, 0.29) is 0 Å². The summed E-state index contributed by atoms with van der Waals surface area (Å²) in [7, 11) is 0. The molecule has 1 aliphatic carbocycles. The van der Waals surface area contributed by atoms with Gasteiger partial charge in [0.05, 0.1) is 0 Å². The summed E-state index contributed by atoms with van der Waals surface area (Å²) in [5.41, 5.74) is 6.13. The number of fused-ring (bicyclic) bond motifs is 2. The Balaban J connectivity index is 1.54. The molecule has 0 aliphatic heterocycles. The minimum absolute atomic E-state index is 0.438. The molecular weight excluding hydrogens is 334 g/mol. The lowest BCUT2D eigenvalue weighted by molar-refractivity contribution is 0.432. The lowest BCUT2D eigenvalue weighted by Crippen LogP contribution is -2.04. The highest BCUT2D eigenvalue weighted by molar-refractivity contribution is 5.84. The smallest absolute Gasteiger partial charge is 0.258 e. The highest BCUT2D eigenvalue weighted by Crippen LogP contribution is 2.32. The summed E-state index contributed by atoms with van der Waals surface area (Å²) in [5, 5.41) is 5.49. The van der Waals surface area contributed by atoms with Crippen molar-refractivity contribution in [2.24, 2.45) is 0 Å². The molecule has 5 rings (SSSR count). The van der Waals surface area contributed by atoms with Gasteiger partial charge in [-0.15, -0.1) is 0 Å². The Bertz CT molecular complexity index is 1120. The Labute approximate surface area is 158 Å². The van der Waals surface area contributed by atoms with E-state index in [0.29, 0.717) is 17.8 Å². The second-order valence-corrected chi connectivity index (χ2v) is 7.66. The van der Waals surface area contributed by atoms with Crippen LogP contribution in [0.25, 0.3) is 33.7 Å². The number of hydrogen-bond donors (Lipinski definition) is 0. The number of hydrogen-bond acceptors (Lipinski definition) is 3. The largest absolute Gasteiger partial charge is 0.345 e. The first-order chi connectivity index (χ1) is 13.2. The molecule has 0 spiro atoms. The number of aromatic nitrogens is 3. The van der Waals surface area contributed by atoms with Gasteiger partial charge in [-0.05, 0) is 74.9 Å². The lowest BCUT2D eigenvalue weighted by atomic mass is 9.88. The van der Waals surface area contributed by atoms with Crippen LogP contribution in [0.1, 0.15) is 43.9 Å². The van der Waals surface area contributed by atoms with Crippen LogP contribution >= 0.6 is 0 Å². The Kier molecular flexibility index (Phi) is 3.85. The molecule has 0 fully saturated rings. The molecule has 4 aromatic rings. The number of aryl methyl sites for hydroxylation is 1. The summed E-state index contributed by atoms with van der Waals surface area (Å²) < 4.78 is 7.90. The Morgan fingerprint density at radius 3 is 2.81 bits per heavy atom. The fourth-order valence-electron chi connectivity index (χ4n) is 4.19. The second-order valence-electron chi connectivity index (χ2n) is 7.66. The molecule has 0 saturated carbocycles. The highest BCUT2D eigenvalue weighted by atomic mass is 16.5. The number of rotatable bonds is 3. The first kappa shape index (κ1) is 16.3. The molecule has 0 saturated heterocycles. The van der Waals surface area contributed by atoms with Crippen molar-refractivity contribution < 1.29 is 4.52 Å². The summed E-state index contributed by atoms with van der Waals surface area (Å²) in [6.45, 7) is 4.39. The quantitative estimate of drug-likeness (QED) is 0.464. The van der Waals surface area contributed by atoms with E-state index in [2.05, 4.69) is 72.2 Å². The number of nitrogens with zero attached hydrogens (tertiary/aromatic N) is 3. The van der Waals surface area contributed by atoms with E-state index in [1.807, 2.05) is 0 Å². The third-order valence-electron chi connectivity index (χ3n) is 5.59. The SMILES string of the molecule is CC(C)n1ccc2cc(-c3nc(-c4cccc5c4CCCC5)no3)ccc21. The van der Waals surface area contributed by atoms with Gasteiger partial charge >= 0.3 is 0 Å². The molecule has 136 valence electrons. The van der Waals surface area contributed by atoms with Crippen molar-refractivity contribution in [3.63, 3.8) is 0 Å². The minimum atomic E-state index is 0.438. The maximum Gasteiger partial charge on any atom is 0.258 e. The Morgan fingerprint density at radius 1 is 1.04 bits per heavy atom. The zero-order chi connectivity index (χ0) is 18.4. The van der Waals surface area contributed by atoms with Crippen molar-refractivity contribution in [2.75, 3.05) is 0 Å². The van der Waals surface area contributed by atoms with Crippen LogP contribution in [0.3, 0.4) is 0 Å². The average Bonchev–Trinajstić information content (AvgIpc) is 3.34. The fourth-order valence-corrected chi connectivity index (χ4v) is 4.19. The molecule has 0 N–H and O–H groups in total. The van der Waals surface area contributed by atoms with Crippen LogP contribution in [0, 0.1) is 0 Å². The zero-order valence-electron chi connectivity index (χ0n) is 15.8. The Morgan fingerprint density at radius 2 is 1.93 bits per heavy atom. The van der Waals surface area contributed by atoms with Crippen LogP contribution in [-0.4, -0.2) is 14.7 Å². The minimum Gasteiger partial charge on any atom is -0.345 e. The summed E-state index contributed by atoms with van der Waals surface area (Å²) in [6.07, 6.45) is 6.89. The van der Waals surface area contributed by atoms with E-state index in [4.69, 9.17) is 9.51 Å². The van der Waals surface area contributed by atoms with E-state index in [9.17, 15) is 0 Å². The van der Waals surface area contributed by atoms with Gasteiger partial charge in [-0.2, -0.15) is 4.98 Å². The summed E-state index contributed by atoms with van der Waals surface area (Å²) in [5.74, 6) is 1.28. The van der Waals surface area contributed by atoms with Gasteiger partial charge in [0.2, 0.25) is 5.82 Å². The monoisotopic (exact) mass is 357 g/mol. The fraction of sp³-hybridized carbons (Fsp3) is 0.304. The molecule has 0 radical (unpaired) electrons. The maximum absolute atomic E-state index is 5.63. The molecule has 2 heterocycles. The molecule has 0 amide bonds. The molecule has 0 unspecified atom stereocenters. The van der Waals surface area contributed by atoms with Crippen molar-refractivity contribution in [1.29, 1.82) is 0 Å². The molecule has 27 heavy (non-hydrogen) atoms. The van der Waals surface area contributed by atoms with Crippen LogP contribution in [0.5, 0.6) is 0 Å². The molecular formula is C23H23N3O. The summed E-state index contributed by atoms with van der Waals surface area (Å²) in [4.78, 5) is 4.72. The van der Waals surface area contributed by atoms with Crippen LogP contribution < -0.4 is 0 Å². The van der Waals surface area contributed by atoms with E-state index < -0.39 is 0 Å². The number of benzene rings is 2. The van der Waals surface area contributed by atoms with Gasteiger partial charge in [0.1, 0.15) is 0 Å². The standard InChI is InChI=1S/C23H23N3O/c1-15(2)26-13-12-17-14-18(10-11-21(17)26)23-24-22(25-27-23)20-9-5-7-16-6-3-4-8-19(16)20/h5,7,9-15H,3-4,6,8H2,1-2H3. The summed E-state index contributed by atoms with van der Waals surface area (Å²) in [6, 6.07) is 15.4. The van der Waals surface area contributed by atoms with Gasteiger partial charge in [0.15, 0.2) is 0 Å². The van der Waals surface area contributed by atoms with E-state index in [1.165, 1.54) is 34.9 Å². The first-order valence-corrected chi connectivity index (χ1v) is 9.76. The lowest BCUT2D eigenvalue weighted by Gasteiger charge is -2.17. The van der Waals surface area contributed by atoms with Gasteiger partial charge in [-0.3, -0.25) is 0 Å². The summed E-state index contributed by atoms with van der Waals surface area (Å²) >= 11 is 0. The van der Waals surface area contributed by atoms with Crippen molar-refractivity contribution in [2.45, 2.75) is 45.6 Å². The highest BCUT2D eigenvalue weighted by Gasteiger charge is 2.18. The zero-order valence-corrected chi connectivity index (χ0v) is 15.8. The molecule has 0 atom stereocenters. The van der Waals surface area contributed by atoms with Crippen LogP contribution in [-0.2, 0) is 12.8 Å². The normalized spacial score (nSPS) is 14.0.